The Morgan fingerprint density at radius 2 is 2.25 bits per heavy atom. The maximum absolute atomic E-state index is 10.8. The van der Waals surface area contributed by atoms with Crippen molar-refractivity contribution in [2.24, 2.45) is 0 Å². The number of rotatable bonds is 1. The number of carbonyl (C=O) groups is 1. The molecular formula is C12H10N2O2. The van der Waals surface area contributed by atoms with E-state index in [9.17, 15) is 4.79 Å². The van der Waals surface area contributed by atoms with Crippen molar-refractivity contribution in [3.8, 4) is 17.9 Å². The lowest BCUT2D eigenvalue weighted by Gasteiger charge is -1.96. The number of esters is 1. The highest BCUT2D eigenvalue weighted by molar-refractivity contribution is 5.72. The quantitative estimate of drug-likeness (QED) is 0.430. The number of ether oxygens (including phenoxy) is 1. The molecular weight excluding hydrogens is 204 g/mol. The number of nitriles is 1. The smallest absolute Gasteiger partial charge is 0.317 e. The number of hydrogen-bond donors (Lipinski definition) is 1. The summed E-state index contributed by atoms with van der Waals surface area (Å²) in [4.78, 5) is 10.8. The summed E-state index contributed by atoms with van der Waals surface area (Å²) in [7, 11) is 1.30. The molecule has 0 saturated heterocycles. The standard InChI is InChI=1S/C12H10N2O2/c1-16-12(15)4-2-3-9-5-6-11(14)7-10(9)8-13/h5-7H,4,14H2,1H3. The topological polar surface area (TPSA) is 76.1 Å². The molecule has 0 amide bonds. The summed E-state index contributed by atoms with van der Waals surface area (Å²) in [5, 5.41) is 8.83. The van der Waals surface area contributed by atoms with Gasteiger partial charge in [0.2, 0.25) is 0 Å². The molecule has 0 heterocycles. The predicted molar refractivity (Wildman–Crippen MR) is 59.1 cm³/mol. The summed E-state index contributed by atoms with van der Waals surface area (Å²) in [6, 6.07) is 6.84. The number of anilines is 1. The number of benzene rings is 1. The van der Waals surface area contributed by atoms with E-state index in [0.29, 0.717) is 16.8 Å². The molecule has 0 radical (unpaired) electrons. The molecule has 1 aromatic rings. The second-order valence-corrected chi connectivity index (χ2v) is 2.97. The molecule has 0 aliphatic heterocycles. The van der Waals surface area contributed by atoms with Crippen molar-refractivity contribution < 1.29 is 9.53 Å². The Kier molecular flexibility index (Phi) is 3.94. The van der Waals surface area contributed by atoms with Gasteiger partial charge in [0.05, 0.1) is 12.7 Å². The first-order chi connectivity index (χ1) is 7.67. The highest BCUT2D eigenvalue weighted by Crippen LogP contribution is 2.11. The summed E-state index contributed by atoms with van der Waals surface area (Å²) in [6.45, 7) is 0. The van der Waals surface area contributed by atoms with E-state index in [-0.39, 0.29) is 6.42 Å². The molecule has 0 atom stereocenters. The number of nitrogens with two attached hydrogens (primary N) is 1. The highest BCUT2D eigenvalue weighted by Gasteiger charge is 1.99. The lowest BCUT2D eigenvalue weighted by atomic mass is 10.1. The number of methoxy groups -OCH3 is 1. The van der Waals surface area contributed by atoms with Crippen LogP contribution >= 0.6 is 0 Å². The van der Waals surface area contributed by atoms with Gasteiger partial charge in [-0.2, -0.15) is 5.26 Å². The minimum atomic E-state index is -0.401. The first-order valence-corrected chi connectivity index (χ1v) is 4.52. The van der Waals surface area contributed by atoms with Crippen LogP contribution in [0, 0.1) is 23.2 Å². The molecule has 0 unspecified atom stereocenters. The van der Waals surface area contributed by atoms with Gasteiger partial charge in [0.1, 0.15) is 12.5 Å². The lowest BCUT2D eigenvalue weighted by molar-refractivity contribution is -0.139. The average Bonchev–Trinajstić information content (AvgIpc) is 2.30. The van der Waals surface area contributed by atoms with Crippen molar-refractivity contribution in [3.05, 3.63) is 29.3 Å². The third-order valence-electron chi connectivity index (χ3n) is 1.85. The van der Waals surface area contributed by atoms with Crippen LogP contribution in [0.5, 0.6) is 0 Å². The van der Waals surface area contributed by atoms with Gasteiger partial charge in [-0.1, -0.05) is 11.8 Å². The SMILES string of the molecule is COC(=O)CC#Cc1ccc(N)cc1C#N. The van der Waals surface area contributed by atoms with Gasteiger partial charge >= 0.3 is 5.97 Å². The van der Waals surface area contributed by atoms with Gasteiger partial charge in [-0.25, -0.2) is 0 Å². The molecule has 0 aliphatic rings. The van der Waals surface area contributed by atoms with E-state index in [2.05, 4.69) is 16.6 Å². The molecule has 2 N–H and O–H groups in total. The van der Waals surface area contributed by atoms with Crippen LogP contribution in [0.25, 0.3) is 0 Å². The third-order valence-corrected chi connectivity index (χ3v) is 1.85. The second-order valence-electron chi connectivity index (χ2n) is 2.97. The molecule has 0 aromatic heterocycles. The van der Waals surface area contributed by atoms with E-state index in [1.165, 1.54) is 7.11 Å². The van der Waals surface area contributed by atoms with Crippen LogP contribution < -0.4 is 5.73 Å². The van der Waals surface area contributed by atoms with E-state index in [0.717, 1.165) is 0 Å². The van der Waals surface area contributed by atoms with Crippen LogP contribution in [0.15, 0.2) is 18.2 Å². The number of carbonyl (C=O) groups excluding carboxylic acids is 1. The lowest BCUT2D eigenvalue weighted by Crippen LogP contribution is -1.97. The molecule has 0 aliphatic carbocycles. The van der Waals surface area contributed by atoms with Crippen molar-refractivity contribution in [1.82, 2.24) is 0 Å². The molecule has 0 fully saturated rings. The van der Waals surface area contributed by atoms with Crippen molar-refractivity contribution >= 4 is 11.7 Å². The summed E-state index contributed by atoms with van der Waals surface area (Å²) in [6.07, 6.45) is 0.00570. The van der Waals surface area contributed by atoms with E-state index < -0.39 is 5.97 Å². The van der Waals surface area contributed by atoms with E-state index >= 15 is 0 Å². The minimum Gasteiger partial charge on any atom is -0.468 e. The fraction of sp³-hybridized carbons (Fsp3) is 0.167. The van der Waals surface area contributed by atoms with E-state index in [1.54, 1.807) is 18.2 Å². The summed E-state index contributed by atoms with van der Waals surface area (Å²) >= 11 is 0. The number of nitrogen functional groups attached to an aromatic ring is 1. The second kappa shape index (κ2) is 5.43. The van der Waals surface area contributed by atoms with Crippen LogP contribution in [0.4, 0.5) is 5.69 Å². The van der Waals surface area contributed by atoms with Gasteiger partial charge in [0.25, 0.3) is 0 Å². The Bertz CT molecular complexity index is 504. The highest BCUT2D eigenvalue weighted by atomic mass is 16.5. The Labute approximate surface area is 93.6 Å². The average molecular weight is 214 g/mol. The van der Waals surface area contributed by atoms with Crippen molar-refractivity contribution in [1.29, 1.82) is 5.26 Å². The van der Waals surface area contributed by atoms with Gasteiger partial charge in [-0.15, -0.1) is 0 Å². The van der Waals surface area contributed by atoms with Gasteiger partial charge in [0.15, 0.2) is 0 Å². The zero-order valence-corrected chi connectivity index (χ0v) is 8.78. The zero-order chi connectivity index (χ0) is 12.0. The van der Waals surface area contributed by atoms with Crippen LogP contribution in [-0.4, -0.2) is 13.1 Å². The van der Waals surface area contributed by atoms with E-state index in [4.69, 9.17) is 11.0 Å². The first kappa shape index (κ1) is 11.6. The molecule has 80 valence electrons. The Morgan fingerprint density at radius 1 is 1.50 bits per heavy atom. The predicted octanol–water partition coefficient (Wildman–Crippen LogP) is 1.06. The summed E-state index contributed by atoms with van der Waals surface area (Å²) < 4.78 is 4.44. The van der Waals surface area contributed by atoms with Crippen LogP contribution in [0.2, 0.25) is 0 Å². The molecule has 1 aromatic carbocycles. The van der Waals surface area contributed by atoms with Crippen LogP contribution in [-0.2, 0) is 9.53 Å². The maximum atomic E-state index is 10.8. The summed E-state index contributed by atoms with van der Waals surface area (Å²) in [5.41, 5.74) is 6.99. The van der Waals surface area contributed by atoms with Crippen molar-refractivity contribution in [3.63, 3.8) is 0 Å². The van der Waals surface area contributed by atoms with Crippen LogP contribution in [0.1, 0.15) is 17.5 Å². The van der Waals surface area contributed by atoms with Gasteiger partial charge in [-0.05, 0) is 18.2 Å². The third kappa shape index (κ3) is 3.04. The molecule has 4 nitrogen and oxygen atoms in total. The monoisotopic (exact) mass is 214 g/mol. The first-order valence-electron chi connectivity index (χ1n) is 4.52. The zero-order valence-electron chi connectivity index (χ0n) is 8.78. The molecule has 16 heavy (non-hydrogen) atoms. The molecule has 0 bridgehead atoms. The summed E-state index contributed by atoms with van der Waals surface area (Å²) in [5.74, 6) is 4.96. The fourth-order valence-corrected chi connectivity index (χ4v) is 1.05. The Balaban J connectivity index is 2.89. The Hall–Kier alpha value is -2.46. The molecule has 4 heteroatoms. The molecule has 0 spiro atoms. The molecule has 1 rings (SSSR count). The largest absolute Gasteiger partial charge is 0.468 e. The fourth-order valence-electron chi connectivity index (χ4n) is 1.05. The van der Waals surface area contributed by atoms with Gasteiger partial charge in [-0.3, -0.25) is 4.79 Å². The Morgan fingerprint density at radius 3 is 2.88 bits per heavy atom. The van der Waals surface area contributed by atoms with E-state index in [1.807, 2.05) is 6.07 Å². The van der Waals surface area contributed by atoms with Gasteiger partial charge in [0, 0.05) is 11.3 Å². The van der Waals surface area contributed by atoms with Crippen LogP contribution in [0.3, 0.4) is 0 Å². The van der Waals surface area contributed by atoms with Gasteiger partial charge < -0.3 is 10.5 Å². The number of nitrogens with zero attached hydrogens (tertiary/aromatic N) is 1. The number of hydrogen-bond acceptors (Lipinski definition) is 4. The molecule has 0 saturated carbocycles. The normalized spacial score (nSPS) is 8.50. The van der Waals surface area contributed by atoms with Crippen molar-refractivity contribution in [2.75, 3.05) is 12.8 Å². The minimum absolute atomic E-state index is 0.00570. The maximum Gasteiger partial charge on any atom is 0.317 e. The van der Waals surface area contributed by atoms with Crippen molar-refractivity contribution in [2.45, 2.75) is 6.42 Å².